The number of nitro groups is 1. The molecule has 0 aliphatic heterocycles. The maximum Gasteiger partial charge on any atom is 0.274 e. The highest BCUT2D eigenvalue weighted by atomic mass is 32.2. The first kappa shape index (κ1) is 20.3. The van der Waals surface area contributed by atoms with Gasteiger partial charge in [0.15, 0.2) is 5.82 Å². The molecule has 1 aromatic rings. The van der Waals surface area contributed by atoms with Gasteiger partial charge in [0, 0.05) is 18.8 Å². The van der Waals surface area contributed by atoms with Crippen LogP contribution in [0.1, 0.15) is 18.4 Å². The number of furan rings is 1. The quantitative estimate of drug-likeness (QED) is 0.291. The van der Waals surface area contributed by atoms with Gasteiger partial charge in [-0.3, -0.25) is 10.1 Å². The molecule has 0 amide bonds. The predicted octanol–water partition coefficient (Wildman–Crippen LogP) is 1.21. The van der Waals surface area contributed by atoms with Crippen LogP contribution in [-0.2, 0) is 12.3 Å². The lowest BCUT2D eigenvalue weighted by Crippen LogP contribution is -2.33. The monoisotopic (exact) mass is 358 g/mol. The minimum atomic E-state index is -0.577. The number of nitrogens with one attached hydrogen (secondary N) is 2. The predicted molar refractivity (Wildman–Crippen MR) is 95.0 cm³/mol. The maximum absolute atomic E-state index is 10.6. The Labute approximate surface area is 146 Å². The van der Waals surface area contributed by atoms with Gasteiger partial charge in [0.2, 0.25) is 0 Å². The molecule has 0 saturated heterocycles. The van der Waals surface area contributed by atoms with Crippen molar-refractivity contribution in [1.29, 1.82) is 0 Å². The topological polar surface area (TPSA) is 104 Å². The van der Waals surface area contributed by atoms with E-state index < -0.39 is 11.0 Å². The summed E-state index contributed by atoms with van der Waals surface area (Å²) in [6, 6.07) is 3.95. The Hall–Kier alpha value is -1.71. The highest BCUT2D eigenvalue weighted by Crippen LogP contribution is 2.15. The SMILES string of the molecule is CC(O)CNC(=C[N+](=O)[O-])NCCSCc1ccc(CN(C)C)o1. The van der Waals surface area contributed by atoms with Gasteiger partial charge in [-0.1, -0.05) is 0 Å². The van der Waals surface area contributed by atoms with Crippen molar-refractivity contribution in [2.24, 2.45) is 0 Å². The summed E-state index contributed by atoms with van der Waals surface area (Å²) in [5.74, 6) is 3.68. The molecule has 24 heavy (non-hydrogen) atoms. The Morgan fingerprint density at radius 3 is 2.79 bits per heavy atom. The van der Waals surface area contributed by atoms with Crippen LogP contribution in [0.25, 0.3) is 0 Å². The van der Waals surface area contributed by atoms with Crippen LogP contribution in [0.3, 0.4) is 0 Å². The first-order chi connectivity index (χ1) is 11.4. The zero-order valence-corrected chi connectivity index (χ0v) is 15.1. The van der Waals surface area contributed by atoms with Crippen LogP contribution in [0, 0.1) is 10.1 Å². The smallest absolute Gasteiger partial charge is 0.274 e. The number of aliphatic hydroxyl groups excluding tert-OH is 1. The largest absolute Gasteiger partial charge is 0.464 e. The van der Waals surface area contributed by atoms with Crippen LogP contribution in [0.4, 0.5) is 0 Å². The van der Waals surface area contributed by atoms with E-state index in [1.807, 2.05) is 31.1 Å². The third-order valence-corrected chi connectivity index (χ3v) is 3.80. The molecule has 1 heterocycles. The van der Waals surface area contributed by atoms with Crippen molar-refractivity contribution in [3.63, 3.8) is 0 Å². The molecule has 0 spiro atoms. The van der Waals surface area contributed by atoms with E-state index in [1.165, 1.54) is 0 Å². The lowest BCUT2D eigenvalue weighted by Gasteiger charge is -2.12. The fourth-order valence-electron chi connectivity index (χ4n) is 1.84. The normalized spacial score (nSPS) is 13.1. The molecule has 1 rings (SSSR count). The second-order valence-electron chi connectivity index (χ2n) is 5.64. The van der Waals surface area contributed by atoms with E-state index in [0.29, 0.717) is 12.4 Å². The minimum absolute atomic E-state index is 0.251. The standard InChI is InChI=1S/C15H26N4O4S/c1-12(20)8-17-15(10-19(21)22)16-6-7-24-11-14-5-4-13(23-14)9-18(2)3/h4-5,10,12,16-17,20H,6-9,11H2,1-3H3. The van der Waals surface area contributed by atoms with Crippen molar-refractivity contribution in [2.45, 2.75) is 25.3 Å². The van der Waals surface area contributed by atoms with Gasteiger partial charge in [-0.2, -0.15) is 11.8 Å². The zero-order valence-electron chi connectivity index (χ0n) is 14.3. The van der Waals surface area contributed by atoms with Gasteiger partial charge >= 0.3 is 0 Å². The average Bonchev–Trinajstić information content (AvgIpc) is 2.90. The van der Waals surface area contributed by atoms with Crippen LogP contribution in [0.2, 0.25) is 0 Å². The molecule has 0 bridgehead atoms. The fourth-order valence-corrected chi connectivity index (χ4v) is 2.59. The molecular weight excluding hydrogens is 332 g/mol. The summed E-state index contributed by atoms with van der Waals surface area (Å²) in [6.07, 6.45) is 0.291. The number of rotatable bonds is 12. The first-order valence-electron chi connectivity index (χ1n) is 7.68. The molecule has 0 saturated carbocycles. The van der Waals surface area contributed by atoms with E-state index in [2.05, 4.69) is 10.6 Å². The van der Waals surface area contributed by atoms with E-state index in [-0.39, 0.29) is 6.54 Å². The van der Waals surface area contributed by atoms with Gasteiger partial charge in [-0.05, 0) is 33.2 Å². The molecule has 0 aliphatic carbocycles. The lowest BCUT2D eigenvalue weighted by molar-refractivity contribution is -0.404. The summed E-state index contributed by atoms with van der Waals surface area (Å²) in [5, 5.41) is 25.6. The van der Waals surface area contributed by atoms with Crippen molar-refractivity contribution in [3.8, 4) is 0 Å². The Bertz CT molecular complexity index is 531. The number of thioether (sulfide) groups is 1. The van der Waals surface area contributed by atoms with E-state index in [0.717, 1.165) is 35.8 Å². The number of hydrogen-bond donors (Lipinski definition) is 3. The fraction of sp³-hybridized carbons (Fsp3) is 0.600. The Morgan fingerprint density at radius 2 is 2.17 bits per heavy atom. The molecule has 0 fully saturated rings. The molecule has 3 N–H and O–H groups in total. The summed E-state index contributed by atoms with van der Waals surface area (Å²) in [7, 11) is 3.98. The molecule has 1 unspecified atom stereocenters. The number of aliphatic hydroxyl groups is 1. The van der Waals surface area contributed by atoms with E-state index >= 15 is 0 Å². The lowest BCUT2D eigenvalue weighted by atomic mass is 10.4. The van der Waals surface area contributed by atoms with Crippen molar-refractivity contribution < 1.29 is 14.4 Å². The Balaban J connectivity index is 2.27. The molecule has 1 atom stereocenters. The maximum atomic E-state index is 10.6. The second-order valence-corrected chi connectivity index (χ2v) is 6.75. The third-order valence-electron chi connectivity index (χ3n) is 2.82. The summed E-state index contributed by atoms with van der Waals surface area (Å²) in [4.78, 5) is 12.1. The highest BCUT2D eigenvalue weighted by Gasteiger charge is 2.05. The van der Waals surface area contributed by atoms with Gasteiger partial charge in [0.05, 0.1) is 23.3 Å². The van der Waals surface area contributed by atoms with Crippen molar-refractivity contribution in [2.75, 3.05) is 32.9 Å². The molecule has 1 aromatic heterocycles. The van der Waals surface area contributed by atoms with E-state index in [9.17, 15) is 15.2 Å². The van der Waals surface area contributed by atoms with Crippen LogP contribution in [0.5, 0.6) is 0 Å². The Kier molecular flexibility index (Phi) is 9.28. The summed E-state index contributed by atoms with van der Waals surface area (Å²) in [6.45, 7) is 3.21. The minimum Gasteiger partial charge on any atom is -0.464 e. The third kappa shape index (κ3) is 9.43. The molecule has 0 aromatic carbocycles. The molecule has 0 aliphatic rings. The van der Waals surface area contributed by atoms with Crippen molar-refractivity contribution in [1.82, 2.24) is 15.5 Å². The highest BCUT2D eigenvalue weighted by molar-refractivity contribution is 7.98. The molecule has 0 radical (unpaired) electrons. The first-order valence-corrected chi connectivity index (χ1v) is 8.83. The van der Waals surface area contributed by atoms with Crippen LogP contribution in [-0.4, -0.2) is 54.0 Å². The Morgan fingerprint density at radius 1 is 1.46 bits per heavy atom. The molecular formula is C15H26N4O4S. The summed E-state index contributed by atoms with van der Waals surface area (Å²) < 4.78 is 5.72. The van der Waals surface area contributed by atoms with Gasteiger partial charge in [-0.25, -0.2) is 0 Å². The van der Waals surface area contributed by atoms with Gasteiger partial charge in [0.1, 0.15) is 11.5 Å². The molecule has 8 nitrogen and oxygen atoms in total. The zero-order chi connectivity index (χ0) is 17.9. The molecule has 9 heteroatoms. The number of nitrogens with zero attached hydrogens (tertiary/aromatic N) is 2. The second kappa shape index (κ2) is 11.0. The van der Waals surface area contributed by atoms with E-state index in [1.54, 1.807) is 18.7 Å². The van der Waals surface area contributed by atoms with Crippen LogP contribution >= 0.6 is 11.8 Å². The summed E-state index contributed by atoms with van der Waals surface area (Å²) >= 11 is 1.68. The van der Waals surface area contributed by atoms with Gasteiger partial charge < -0.3 is 25.1 Å². The molecule has 136 valence electrons. The van der Waals surface area contributed by atoms with E-state index in [4.69, 9.17) is 4.42 Å². The summed E-state index contributed by atoms with van der Waals surface area (Å²) in [5.41, 5.74) is 0. The van der Waals surface area contributed by atoms with Crippen LogP contribution < -0.4 is 10.6 Å². The average molecular weight is 358 g/mol. The van der Waals surface area contributed by atoms with Crippen molar-refractivity contribution >= 4 is 11.8 Å². The van der Waals surface area contributed by atoms with Gasteiger partial charge in [-0.15, -0.1) is 0 Å². The number of hydrogen-bond acceptors (Lipinski definition) is 8. The van der Waals surface area contributed by atoms with Crippen molar-refractivity contribution in [3.05, 3.63) is 45.8 Å². The van der Waals surface area contributed by atoms with Crippen LogP contribution in [0.15, 0.2) is 28.6 Å². The van der Waals surface area contributed by atoms with Gasteiger partial charge in [0.25, 0.3) is 6.20 Å².